The van der Waals surface area contributed by atoms with Gasteiger partial charge in [-0.05, 0) is 43.7 Å². The summed E-state index contributed by atoms with van der Waals surface area (Å²) in [6.45, 7) is 2.93. The van der Waals surface area contributed by atoms with Gasteiger partial charge in [0.25, 0.3) is 5.91 Å². The number of likely N-dealkylation sites (tertiary alicyclic amines) is 1. The van der Waals surface area contributed by atoms with Gasteiger partial charge in [0.2, 0.25) is 0 Å². The number of aromatic nitrogens is 4. The molecule has 168 valence electrons. The molecule has 0 spiro atoms. The van der Waals surface area contributed by atoms with Crippen molar-refractivity contribution in [1.29, 1.82) is 0 Å². The molecule has 3 heterocycles. The van der Waals surface area contributed by atoms with Crippen molar-refractivity contribution in [3.05, 3.63) is 35.8 Å². The molecule has 1 aliphatic heterocycles. The van der Waals surface area contributed by atoms with Crippen molar-refractivity contribution in [3.8, 4) is 35.2 Å². The van der Waals surface area contributed by atoms with Crippen molar-refractivity contribution in [2.75, 3.05) is 32.6 Å². The van der Waals surface area contributed by atoms with E-state index < -0.39 is 0 Å². The molecule has 1 aromatic carbocycles. The maximum atomic E-state index is 12.2. The summed E-state index contributed by atoms with van der Waals surface area (Å²) in [6.07, 6.45) is 3.28. The zero-order valence-corrected chi connectivity index (χ0v) is 18.7. The Hall–Kier alpha value is -4.24. The Balaban J connectivity index is 1.61. The number of amides is 1. The maximum Gasteiger partial charge on any atom is 0.298 e. The van der Waals surface area contributed by atoms with Gasteiger partial charge in [-0.1, -0.05) is 11.8 Å². The van der Waals surface area contributed by atoms with Crippen molar-refractivity contribution in [2.24, 2.45) is 0 Å². The Labute approximate surface area is 191 Å². The van der Waals surface area contributed by atoms with Crippen LogP contribution in [0.4, 0.5) is 5.82 Å². The number of piperidine rings is 1. The first kappa shape index (κ1) is 22.0. The number of methoxy groups -OCH3 is 2. The zero-order chi connectivity index (χ0) is 23.2. The first-order chi connectivity index (χ1) is 16.1. The van der Waals surface area contributed by atoms with E-state index in [0.717, 1.165) is 18.4 Å². The van der Waals surface area contributed by atoms with E-state index in [0.29, 0.717) is 47.1 Å². The molecule has 33 heavy (non-hydrogen) atoms. The SMILES string of the molecule is CC#CC(=O)N1CCC[C@H](Nc2ncnc3[nH]nc(C#Cc4cc(OC)cc(OC)c4)c23)C1. The number of rotatable bonds is 4. The number of nitrogens with one attached hydrogen (secondary N) is 2. The van der Waals surface area contributed by atoms with Crippen LogP contribution >= 0.6 is 0 Å². The van der Waals surface area contributed by atoms with Crippen LogP contribution in [0.2, 0.25) is 0 Å². The van der Waals surface area contributed by atoms with Gasteiger partial charge < -0.3 is 19.7 Å². The van der Waals surface area contributed by atoms with E-state index in [4.69, 9.17) is 9.47 Å². The minimum absolute atomic E-state index is 0.0396. The van der Waals surface area contributed by atoms with Crippen LogP contribution in [0, 0.1) is 23.7 Å². The molecule has 0 radical (unpaired) electrons. The van der Waals surface area contributed by atoms with E-state index >= 15 is 0 Å². The minimum Gasteiger partial charge on any atom is -0.497 e. The van der Waals surface area contributed by atoms with Gasteiger partial charge in [-0.25, -0.2) is 9.97 Å². The number of ether oxygens (including phenoxy) is 2. The third-order valence-corrected chi connectivity index (χ3v) is 5.32. The monoisotopic (exact) mass is 444 g/mol. The summed E-state index contributed by atoms with van der Waals surface area (Å²) >= 11 is 0. The summed E-state index contributed by atoms with van der Waals surface area (Å²) in [5.74, 6) is 13.3. The number of carbonyl (C=O) groups excluding carboxylic acids is 1. The fraction of sp³-hybridized carbons (Fsp3) is 0.333. The zero-order valence-electron chi connectivity index (χ0n) is 18.7. The third kappa shape index (κ3) is 4.99. The van der Waals surface area contributed by atoms with Crippen LogP contribution in [0.15, 0.2) is 24.5 Å². The highest BCUT2D eigenvalue weighted by atomic mass is 16.5. The first-order valence-electron chi connectivity index (χ1n) is 10.5. The number of anilines is 1. The van der Waals surface area contributed by atoms with Crippen LogP contribution in [0.3, 0.4) is 0 Å². The normalized spacial score (nSPS) is 15.1. The van der Waals surface area contributed by atoms with E-state index in [1.807, 2.05) is 12.1 Å². The summed E-state index contributed by atoms with van der Waals surface area (Å²) in [7, 11) is 3.19. The average Bonchev–Trinajstić information content (AvgIpc) is 3.27. The van der Waals surface area contributed by atoms with Crippen LogP contribution in [-0.4, -0.2) is 64.3 Å². The predicted octanol–water partition coefficient (Wildman–Crippen LogP) is 2.20. The quantitative estimate of drug-likeness (QED) is 0.595. The molecule has 0 bridgehead atoms. The molecule has 1 amide bonds. The first-order valence-corrected chi connectivity index (χ1v) is 10.5. The molecule has 1 saturated heterocycles. The lowest BCUT2D eigenvalue weighted by atomic mass is 10.1. The standard InChI is InChI=1S/C24H24N6O3/c1-4-6-21(31)30-10-5-7-17(14-30)27-23-22-20(28-29-24(22)26-15-25-23)9-8-16-11-18(32-2)13-19(12-16)33-3/h11-13,15,17H,5,7,10,14H2,1-3H3,(H2,25,26,27,28,29)/t17-/m0/s1. The lowest BCUT2D eigenvalue weighted by Gasteiger charge is -2.32. The van der Waals surface area contributed by atoms with Gasteiger partial charge in [-0.3, -0.25) is 9.89 Å². The number of carbonyl (C=O) groups is 1. The van der Waals surface area contributed by atoms with Gasteiger partial charge in [0.15, 0.2) is 5.65 Å². The summed E-state index contributed by atoms with van der Waals surface area (Å²) < 4.78 is 10.6. The van der Waals surface area contributed by atoms with Gasteiger partial charge in [0, 0.05) is 30.8 Å². The Bertz CT molecular complexity index is 1270. The Kier molecular flexibility index (Phi) is 6.61. The lowest BCUT2D eigenvalue weighted by molar-refractivity contribution is -0.126. The fourth-order valence-corrected chi connectivity index (χ4v) is 3.73. The highest BCUT2D eigenvalue weighted by Crippen LogP contribution is 2.25. The average molecular weight is 444 g/mol. The highest BCUT2D eigenvalue weighted by molar-refractivity contribution is 5.94. The van der Waals surface area contributed by atoms with Crippen LogP contribution in [0.25, 0.3) is 11.0 Å². The van der Waals surface area contributed by atoms with Crippen molar-refractivity contribution in [1.82, 2.24) is 25.1 Å². The molecule has 9 heteroatoms. The van der Waals surface area contributed by atoms with Crippen molar-refractivity contribution in [3.63, 3.8) is 0 Å². The van der Waals surface area contributed by atoms with Crippen molar-refractivity contribution < 1.29 is 14.3 Å². The number of hydrogen-bond acceptors (Lipinski definition) is 7. The van der Waals surface area contributed by atoms with Crippen LogP contribution in [-0.2, 0) is 4.79 Å². The van der Waals surface area contributed by atoms with E-state index in [1.165, 1.54) is 6.33 Å². The maximum absolute atomic E-state index is 12.2. The molecule has 0 unspecified atom stereocenters. The molecule has 0 saturated carbocycles. The molecule has 2 N–H and O–H groups in total. The number of nitrogens with zero attached hydrogens (tertiary/aromatic N) is 4. The van der Waals surface area contributed by atoms with Gasteiger partial charge >= 0.3 is 0 Å². The number of H-pyrrole nitrogens is 1. The number of hydrogen-bond donors (Lipinski definition) is 2. The Morgan fingerprint density at radius 2 is 1.97 bits per heavy atom. The van der Waals surface area contributed by atoms with E-state index in [2.05, 4.69) is 49.2 Å². The van der Waals surface area contributed by atoms with E-state index in [-0.39, 0.29) is 11.9 Å². The van der Waals surface area contributed by atoms with Gasteiger partial charge in [-0.15, -0.1) is 0 Å². The molecule has 3 aromatic rings. The van der Waals surface area contributed by atoms with E-state index in [1.54, 1.807) is 32.1 Å². The van der Waals surface area contributed by atoms with E-state index in [9.17, 15) is 4.79 Å². The summed E-state index contributed by atoms with van der Waals surface area (Å²) in [6, 6.07) is 5.48. The summed E-state index contributed by atoms with van der Waals surface area (Å²) in [5.41, 5.74) is 1.84. The second-order valence-electron chi connectivity index (χ2n) is 7.48. The molecule has 2 aromatic heterocycles. The van der Waals surface area contributed by atoms with Gasteiger partial charge in [0.1, 0.15) is 29.3 Å². The molecular weight excluding hydrogens is 420 g/mol. The number of benzene rings is 1. The highest BCUT2D eigenvalue weighted by Gasteiger charge is 2.24. The van der Waals surface area contributed by atoms with Gasteiger partial charge in [0.05, 0.1) is 19.6 Å². The molecule has 4 rings (SSSR count). The smallest absolute Gasteiger partial charge is 0.298 e. The van der Waals surface area contributed by atoms with Gasteiger partial charge in [-0.2, -0.15) is 5.10 Å². The molecule has 1 atom stereocenters. The molecule has 1 aliphatic rings. The molecule has 0 aliphatic carbocycles. The minimum atomic E-state index is -0.152. The largest absolute Gasteiger partial charge is 0.497 e. The second-order valence-corrected chi connectivity index (χ2v) is 7.48. The third-order valence-electron chi connectivity index (χ3n) is 5.32. The fourth-order valence-electron chi connectivity index (χ4n) is 3.73. The Morgan fingerprint density at radius 1 is 1.18 bits per heavy atom. The lowest BCUT2D eigenvalue weighted by Crippen LogP contribution is -2.44. The second kappa shape index (κ2) is 9.92. The Morgan fingerprint density at radius 3 is 2.70 bits per heavy atom. The number of aromatic amines is 1. The number of fused-ring (bicyclic) bond motifs is 1. The van der Waals surface area contributed by atoms with Crippen molar-refractivity contribution in [2.45, 2.75) is 25.8 Å². The van der Waals surface area contributed by atoms with Crippen LogP contribution < -0.4 is 14.8 Å². The van der Waals surface area contributed by atoms with Crippen molar-refractivity contribution >= 4 is 22.8 Å². The topological polar surface area (TPSA) is 105 Å². The summed E-state index contributed by atoms with van der Waals surface area (Å²) in [4.78, 5) is 22.6. The molecule has 9 nitrogen and oxygen atoms in total. The predicted molar refractivity (Wildman–Crippen MR) is 124 cm³/mol. The van der Waals surface area contributed by atoms with Crippen LogP contribution in [0.5, 0.6) is 11.5 Å². The van der Waals surface area contributed by atoms with Crippen LogP contribution in [0.1, 0.15) is 31.0 Å². The molecule has 1 fully saturated rings. The molecular formula is C24H24N6O3. The summed E-state index contributed by atoms with van der Waals surface area (Å²) in [5, 5.41) is 11.4.